The fourth-order valence-electron chi connectivity index (χ4n) is 3.54. The third kappa shape index (κ3) is 3.90. The second kappa shape index (κ2) is 7.82. The topological polar surface area (TPSA) is 53.5 Å². The molecule has 0 aliphatic carbocycles. The molecule has 1 aromatic carbocycles. The number of benzene rings is 1. The number of amides is 2. The molecule has 0 bridgehead atoms. The number of aromatic nitrogens is 1. The van der Waals surface area contributed by atoms with Crippen LogP contribution in [0, 0.1) is 5.92 Å². The number of likely N-dealkylation sites (N-methyl/N-ethyl adjacent to an activating group) is 1. The smallest absolute Gasteiger partial charge is 0.251 e. The third-order valence-electron chi connectivity index (χ3n) is 6.09. The van der Waals surface area contributed by atoms with Crippen molar-refractivity contribution in [2.45, 2.75) is 38.0 Å². The van der Waals surface area contributed by atoms with E-state index in [-0.39, 0.29) is 22.5 Å². The van der Waals surface area contributed by atoms with Crippen LogP contribution in [0.25, 0.3) is 0 Å². The van der Waals surface area contributed by atoms with Gasteiger partial charge in [0.25, 0.3) is 5.91 Å². The van der Waals surface area contributed by atoms with E-state index in [2.05, 4.69) is 38.3 Å². The van der Waals surface area contributed by atoms with Crippen LogP contribution in [0.15, 0.2) is 54.9 Å². The van der Waals surface area contributed by atoms with Gasteiger partial charge in [0.2, 0.25) is 5.91 Å². The molecular formula is C23H31N3O2S. The first kappa shape index (κ1) is 21.4. The standard InChI is InChI=1S/C23H31N3O2S/c1-23(2,3)29(5,6)26-20(22(28)25(4)18-10-8-7-9-11-18)19(21(26)27)16-17-12-14-24-15-13-17/h7-15,19-20H,16H2,1-6H3/t19-,20+/m1/s1. The molecule has 1 aromatic heterocycles. The molecule has 2 heterocycles. The maximum atomic E-state index is 13.6. The van der Waals surface area contributed by atoms with E-state index < -0.39 is 16.3 Å². The summed E-state index contributed by atoms with van der Waals surface area (Å²) < 4.78 is 1.80. The van der Waals surface area contributed by atoms with Crippen LogP contribution in [-0.4, -0.2) is 51.5 Å². The zero-order valence-electron chi connectivity index (χ0n) is 18.1. The van der Waals surface area contributed by atoms with Gasteiger partial charge in [-0.2, -0.15) is 10.2 Å². The normalized spacial score (nSPS) is 20.2. The molecule has 1 aliphatic heterocycles. The van der Waals surface area contributed by atoms with Crippen LogP contribution in [0.3, 0.4) is 0 Å². The summed E-state index contributed by atoms with van der Waals surface area (Å²) in [6.45, 7) is 6.44. The van der Waals surface area contributed by atoms with Crippen molar-refractivity contribution in [3.63, 3.8) is 0 Å². The highest BCUT2D eigenvalue weighted by atomic mass is 32.3. The van der Waals surface area contributed by atoms with Crippen LogP contribution in [-0.2, 0) is 16.0 Å². The first-order valence-corrected chi connectivity index (χ1v) is 12.2. The summed E-state index contributed by atoms with van der Waals surface area (Å²) in [5, 5.41) is 0. The lowest BCUT2D eigenvalue weighted by molar-refractivity contribution is -0.152. The Morgan fingerprint density at radius 2 is 1.69 bits per heavy atom. The van der Waals surface area contributed by atoms with Crippen LogP contribution in [0.5, 0.6) is 0 Å². The van der Waals surface area contributed by atoms with Gasteiger partial charge in [-0.05, 0) is 48.8 Å². The minimum atomic E-state index is -1.50. The predicted octanol–water partition coefficient (Wildman–Crippen LogP) is 3.89. The number of anilines is 1. The third-order valence-corrected chi connectivity index (χ3v) is 10.5. The van der Waals surface area contributed by atoms with E-state index in [1.807, 2.05) is 46.8 Å². The number of pyridine rings is 1. The summed E-state index contributed by atoms with van der Waals surface area (Å²) in [5.74, 6) is -0.290. The quantitative estimate of drug-likeness (QED) is 0.699. The van der Waals surface area contributed by atoms with Gasteiger partial charge in [0.05, 0.1) is 5.92 Å². The maximum Gasteiger partial charge on any atom is 0.251 e. The Bertz CT molecular complexity index is 878. The van der Waals surface area contributed by atoms with Crippen molar-refractivity contribution >= 4 is 27.7 Å². The Morgan fingerprint density at radius 3 is 2.24 bits per heavy atom. The van der Waals surface area contributed by atoms with Crippen molar-refractivity contribution in [3.05, 3.63) is 60.4 Å². The van der Waals surface area contributed by atoms with Gasteiger partial charge in [-0.3, -0.25) is 18.9 Å². The number of rotatable bonds is 5. The zero-order valence-corrected chi connectivity index (χ0v) is 18.9. The molecule has 6 heteroatoms. The molecule has 0 saturated carbocycles. The van der Waals surface area contributed by atoms with E-state index in [0.29, 0.717) is 6.42 Å². The average molecular weight is 414 g/mol. The SMILES string of the molecule is CN(C(=O)[C@@H]1[C@@H](Cc2ccncc2)C(=O)N1S(C)(C)C(C)(C)C)c1ccccc1. The first-order chi connectivity index (χ1) is 13.6. The molecule has 0 radical (unpaired) electrons. The lowest BCUT2D eigenvalue weighted by Gasteiger charge is -2.61. The largest absolute Gasteiger partial charge is 0.314 e. The van der Waals surface area contributed by atoms with E-state index in [4.69, 9.17) is 0 Å². The Balaban J connectivity index is 1.95. The van der Waals surface area contributed by atoms with Gasteiger partial charge in [-0.15, -0.1) is 0 Å². The molecule has 1 saturated heterocycles. The number of carbonyl (C=O) groups is 2. The molecule has 29 heavy (non-hydrogen) atoms. The van der Waals surface area contributed by atoms with Gasteiger partial charge in [0.1, 0.15) is 6.04 Å². The second-order valence-electron chi connectivity index (χ2n) is 8.89. The summed E-state index contributed by atoms with van der Waals surface area (Å²) in [6, 6.07) is 13.0. The molecule has 0 N–H and O–H groups in total. The van der Waals surface area contributed by atoms with Gasteiger partial charge < -0.3 is 4.90 Å². The molecule has 1 aliphatic rings. The van der Waals surface area contributed by atoms with Crippen molar-refractivity contribution in [3.8, 4) is 0 Å². The highest BCUT2D eigenvalue weighted by Gasteiger charge is 2.57. The Labute approximate surface area is 175 Å². The number of nitrogens with zero attached hydrogens (tertiary/aromatic N) is 3. The number of para-hydroxylation sites is 1. The molecule has 5 nitrogen and oxygen atoms in total. The summed E-state index contributed by atoms with van der Waals surface area (Å²) >= 11 is 0. The number of carbonyl (C=O) groups excluding carboxylic acids is 2. The minimum Gasteiger partial charge on any atom is -0.314 e. The first-order valence-electron chi connectivity index (χ1n) is 9.83. The van der Waals surface area contributed by atoms with E-state index in [1.54, 1.807) is 24.3 Å². The molecule has 2 atom stereocenters. The highest BCUT2D eigenvalue weighted by Crippen LogP contribution is 2.61. The molecule has 3 rings (SSSR count). The van der Waals surface area contributed by atoms with Gasteiger partial charge in [-0.25, -0.2) is 0 Å². The lowest BCUT2D eigenvalue weighted by atomic mass is 9.84. The number of β-lactam (4-membered cyclic amide) rings is 1. The van der Waals surface area contributed by atoms with Gasteiger partial charge in [0.15, 0.2) is 0 Å². The van der Waals surface area contributed by atoms with E-state index in [0.717, 1.165) is 11.3 Å². The van der Waals surface area contributed by atoms with Crippen LogP contribution in [0.2, 0.25) is 0 Å². The monoisotopic (exact) mass is 413 g/mol. The van der Waals surface area contributed by atoms with Gasteiger partial charge in [-0.1, -0.05) is 39.0 Å². The van der Waals surface area contributed by atoms with Crippen molar-refractivity contribution in [2.24, 2.45) is 5.92 Å². The van der Waals surface area contributed by atoms with Crippen molar-refractivity contribution in [1.82, 2.24) is 9.29 Å². The molecule has 0 unspecified atom stereocenters. The van der Waals surface area contributed by atoms with Crippen LogP contribution in [0.4, 0.5) is 5.69 Å². The average Bonchev–Trinajstić information content (AvgIpc) is 2.69. The second-order valence-corrected chi connectivity index (χ2v) is 13.1. The van der Waals surface area contributed by atoms with Crippen molar-refractivity contribution in [2.75, 3.05) is 24.5 Å². The van der Waals surface area contributed by atoms with Crippen molar-refractivity contribution in [1.29, 1.82) is 0 Å². The fourth-order valence-corrected chi connectivity index (χ4v) is 5.52. The minimum absolute atomic E-state index is 0.0281. The fraction of sp³-hybridized carbons (Fsp3) is 0.435. The summed E-state index contributed by atoms with van der Waals surface area (Å²) in [4.78, 5) is 32.6. The van der Waals surface area contributed by atoms with Crippen LogP contribution >= 0.6 is 10.2 Å². The van der Waals surface area contributed by atoms with Gasteiger partial charge >= 0.3 is 0 Å². The van der Waals surface area contributed by atoms with E-state index in [9.17, 15) is 9.59 Å². The van der Waals surface area contributed by atoms with E-state index in [1.165, 1.54) is 0 Å². The summed E-state index contributed by atoms with van der Waals surface area (Å²) in [7, 11) is 0.293. The van der Waals surface area contributed by atoms with Crippen LogP contribution < -0.4 is 4.90 Å². The highest BCUT2D eigenvalue weighted by molar-refractivity contribution is 8.32. The molecular weight excluding hydrogens is 382 g/mol. The van der Waals surface area contributed by atoms with E-state index >= 15 is 0 Å². The summed E-state index contributed by atoms with van der Waals surface area (Å²) in [6.07, 6.45) is 8.28. The van der Waals surface area contributed by atoms with Crippen LogP contribution in [0.1, 0.15) is 26.3 Å². The van der Waals surface area contributed by atoms with Gasteiger partial charge in [0, 0.05) is 29.9 Å². The predicted molar refractivity (Wildman–Crippen MR) is 121 cm³/mol. The zero-order chi connectivity index (χ0) is 21.4. The lowest BCUT2D eigenvalue weighted by Crippen LogP contribution is -2.68. The molecule has 2 amide bonds. The Kier molecular flexibility index (Phi) is 5.77. The number of hydrogen-bond donors (Lipinski definition) is 0. The number of hydrogen-bond acceptors (Lipinski definition) is 3. The Morgan fingerprint density at radius 1 is 1.10 bits per heavy atom. The molecule has 1 fully saturated rings. The van der Waals surface area contributed by atoms with Crippen molar-refractivity contribution < 1.29 is 9.59 Å². The molecule has 156 valence electrons. The maximum absolute atomic E-state index is 13.6. The Hall–Kier alpha value is -2.34. The summed E-state index contributed by atoms with van der Waals surface area (Å²) in [5.41, 5.74) is 1.87. The molecule has 2 aromatic rings. The molecule has 0 spiro atoms.